The Morgan fingerprint density at radius 2 is 0.283 bits per heavy atom. The van der Waals surface area contributed by atoms with Crippen molar-refractivity contribution >= 4 is 70.6 Å². The largest absolute Gasteiger partial charge is 0.210 e. The normalized spacial score (nSPS) is 14.3. The van der Waals surface area contributed by atoms with Gasteiger partial charge in [0.05, 0.1) is 0 Å². The molecule has 8 aromatic carbocycles. The third-order valence-corrected chi connectivity index (χ3v) is 22.0. The second-order valence-corrected chi connectivity index (χ2v) is 37.2. The number of fused-ring (bicyclic) bond motifs is 12. The molecule has 4 aliphatic heterocycles. The van der Waals surface area contributed by atoms with Gasteiger partial charge in [0.15, 0.2) is 0 Å². The molecule has 0 unspecified atom stereocenters. The molecule has 0 fully saturated rings. The van der Waals surface area contributed by atoms with Crippen LogP contribution in [0.5, 0.6) is 0 Å². The second-order valence-electron chi connectivity index (χ2n) is 37.2. The van der Waals surface area contributed by atoms with E-state index in [1.807, 2.05) is 0 Å². The van der Waals surface area contributed by atoms with Crippen molar-refractivity contribution in [1.82, 2.24) is 0 Å². The SMILES string of the molecule is CC(C)(C)c1ccc2c(c1)B(CCCCB1c3cc(C(C)(C)C)ccc3-c3ccc(C(C)(C)C)cc31)c1cc(C(C)(C)C)ccc1-2.CC(C)(C)c1ccc2c(c1)B(CCCCB1c3cc(C(C)(C)C)ccc3-c3ccc(C(C)(C)C)cc31)c1cc(C(C)(C)C)ccc1-2. The first-order valence-corrected chi connectivity index (χ1v) is 35.8. The molecule has 4 heterocycles. The van der Waals surface area contributed by atoms with Crippen LogP contribution >= 0.6 is 0 Å². The molecule has 0 spiro atoms. The van der Waals surface area contributed by atoms with Crippen molar-refractivity contribution in [3.63, 3.8) is 0 Å². The molecule has 12 rings (SSSR count). The van der Waals surface area contributed by atoms with Gasteiger partial charge in [-0.05, 0) is 132 Å². The van der Waals surface area contributed by atoms with Gasteiger partial charge in [0.25, 0.3) is 0 Å². The van der Waals surface area contributed by atoms with E-state index in [4.69, 9.17) is 0 Å². The maximum atomic E-state index is 2.54. The Balaban J connectivity index is 0.000000188. The maximum absolute atomic E-state index is 2.54. The average Bonchev–Trinajstić information content (AvgIpc) is 1.62. The molecule has 476 valence electrons. The minimum absolute atomic E-state index is 0.145. The molecule has 0 nitrogen and oxygen atoms in total. The Bertz CT molecular complexity index is 3300. The Hall–Kier alpha value is -5.98. The number of unbranched alkanes of at least 4 members (excludes halogenated alkanes) is 2. The summed E-state index contributed by atoms with van der Waals surface area (Å²) in [5.41, 5.74) is 36.8. The summed E-state index contributed by atoms with van der Waals surface area (Å²) >= 11 is 0. The number of hydrogen-bond acceptors (Lipinski definition) is 0. The molecule has 0 saturated carbocycles. The van der Waals surface area contributed by atoms with Gasteiger partial charge in [-0.25, -0.2) is 0 Å². The lowest BCUT2D eigenvalue weighted by Gasteiger charge is -2.22. The van der Waals surface area contributed by atoms with Crippen molar-refractivity contribution in [2.75, 3.05) is 0 Å². The quantitative estimate of drug-likeness (QED) is 0.0946. The van der Waals surface area contributed by atoms with E-state index < -0.39 is 0 Å². The Labute approximate surface area is 562 Å². The molecule has 0 radical (unpaired) electrons. The van der Waals surface area contributed by atoms with Crippen LogP contribution in [0.4, 0.5) is 0 Å². The molecule has 0 aromatic heterocycles. The van der Waals surface area contributed by atoms with Crippen LogP contribution in [0.25, 0.3) is 44.5 Å². The minimum Gasteiger partial charge on any atom is -0.0662 e. The zero-order valence-corrected chi connectivity index (χ0v) is 61.8. The van der Waals surface area contributed by atoms with Gasteiger partial charge in [0.1, 0.15) is 0 Å². The molecule has 92 heavy (non-hydrogen) atoms. The van der Waals surface area contributed by atoms with Crippen molar-refractivity contribution in [3.05, 3.63) is 190 Å². The Morgan fingerprint density at radius 1 is 0.174 bits per heavy atom. The van der Waals surface area contributed by atoms with E-state index in [-0.39, 0.29) is 43.3 Å². The number of hydrogen-bond donors (Lipinski definition) is 0. The molecule has 4 heteroatoms. The van der Waals surface area contributed by atoms with E-state index in [1.54, 1.807) is 43.7 Å². The van der Waals surface area contributed by atoms with Crippen LogP contribution in [0.15, 0.2) is 146 Å². The molecular formula is C88H112B4. The summed E-state index contributed by atoms with van der Waals surface area (Å²) in [5.74, 6) is 0. The van der Waals surface area contributed by atoms with Gasteiger partial charge in [-0.3, -0.25) is 0 Å². The predicted octanol–water partition coefficient (Wildman–Crippen LogP) is 19.1. The highest BCUT2D eigenvalue weighted by atomic mass is 14.3. The molecule has 0 N–H and O–H groups in total. The molecule has 0 saturated heterocycles. The molecular weight excluding hydrogens is 1100 g/mol. The molecule has 0 atom stereocenters. The minimum atomic E-state index is 0.145. The zero-order valence-electron chi connectivity index (χ0n) is 61.8. The monoisotopic (exact) mass is 1210 g/mol. The van der Waals surface area contributed by atoms with Gasteiger partial charge >= 0.3 is 0 Å². The van der Waals surface area contributed by atoms with Crippen LogP contribution in [-0.4, -0.2) is 26.9 Å². The highest BCUT2D eigenvalue weighted by Gasteiger charge is 2.39. The highest BCUT2D eigenvalue weighted by molar-refractivity contribution is 6.91. The van der Waals surface area contributed by atoms with E-state index >= 15 is 0 Å². The summed E-state index contributed by atoms with van der Waals surface area (Å²) in [7, 11) is 0. The van der Waals surface area contributed by atoms with Crippen LogP contribution in [0.1, 0.15) is 236 Å². The van der Waals surface area contributed by atoms with Gasteiger partial charge in [-0.2, -0.15) is 0 Å². The first-order valence-electron chi connectivity index (χ1n) is 35.8. The smallest absolute Gasteiger partial charge is 0.0662 e. The zero-order chi connectivity index (χ0) is 66.8. The summed E-state index contributed by atoms with van der Waals surface area (Å²) < 4.78 is 0. The van der Waals surface area contributed by atoms with Gasteiger partial charge in [-0.1, -0.05) is 406 Å². The number of rotatable bonds is 10. The van der Waals surface area contributed by atoms with Crippen molar-refractivity contribution in [3.8, 4) is 44.5 Å². The Kier molecular flexibility index (Phi) is 17.6. The third-order valence-electron chi connectivity index (χ3n) is 22.0. The number of benzene rings is 8. The van der Waals surface area contributed by atoms with Crippen molar-refractivity contribution < 1.29 is 0 Å². The summed E-state index contributed by atoms with van der Waals surface area (Å²) in [6.07, 6.45) is 9.78. The van der Waals surface area contributed by atoms with Crippen LogP contribution < -0.4 is 43.7 Å². The molecule has 0 amide bonds. The van der Waals surface area contributed by atoms with Gasteiger partial charge < -0.3 is 0 Å². The predicted molar refractivity (Wildman–Crippen MR) is 415 cm³/mol. The van der Waals surface area contributed by atoms with E-state index in [9.17, 15) is 0 Å². The van der Waals surface area contributed by atoms with Crippen molar-refractivity contribution in [2.24, 2.45) is 0 Å². The first-order chi connectivity index (χ1) is 42.7. The second kappa shape index (κ2) is 24.0. The topological polar surface area (TPSA) is 0 Å². The first kappa shape index (κ1) is 67.4. The van der Waals surface area contributed by atoms with Gasteiger partial charge in [-0.15, -0.1) is 0 Å². The summed E-state index contributed by atoms with van der Waals surface area (Å²) in [6.45, 7) is 58.1. The van der Waals surface area contributed by atoms with Gasteiger partial charge in [0, 0.05) is 0 Å². The molecule has 8 aromatic rings. The average molecular weight is 1210 g/mol. The fourth-order valence-electron chi connectivity index (χ4n) is 15.8. The van der Waals surface area contributed by atoms with Crippen LogP contribution in [0, 0.1) is 0 Å². The lowest BCUT2D eigenvalue weighted by molar-refractivity contribution is 0.590. The van der Waals surface area contributed by atoms with Crippen molar-refractivity contribution in [2.45, 2.75) is 260 Å². The highest BCUT2D eigenvalue weighted by Crippen LogP contribution is 2.38. The molecule has 0 aliphatic carbocycles. The van der Waals surface area contributed by atoms with E-state index in [0.29, 0.717) is 26.9 Å². The van der Waals surface area contributed by atoms with E-state index in [1.165, 1.54) is 140 Å². The van der Waals surface area contributed by atoms with Gasteiger partial charge in [0.2, 0.25) is 26.9 Å². The standard InChI is InChI=1S/2C44H56B2/c2*1-41(2,3)29-15-19-33-34-20-16-30(42(4,5)6)26-38(34)45(37(33)25-29)23-13-14-24-46-39-27-31(43(7,8)9)17-21-35(39)36-22-18-32(28-40(36)46)44(10,11)12/h2*15-22,25-28H,13-14,23-24H2,1-12H3. The molecule has 0 bridgehead atoms. The van der Waals surface area contributed by atoms with Crippen molar-refractivity contribution in [1.29, 1.82) is 0 Å². The fraction of sp³-hybridized carbons (Fsp3) is 0.455. The maximum Gasteiger partial charge on any atom is 0.210 e. The lowest BCUT2D eigenvalue weighted by atomic mass is 9.38. The third kappa shape index (κ3) is 13.4. The summed E-state index contributed by atoms with van der Waals surface area (Å²) in [4.78, 5) is 0. The fourth-order valence-corrected chi connectivity index (χ4v) is 15.8. The molecule has 4 aliphatic rings. The summed E-state index contributed by atoms with van der Waals surface area (Å²) in [5, 5.41) is 0. The van der Waals surface area contributed by atoms with E-state index in [2.05, 4.69) is 312 Å². The van der Waals surface area contributed by atoms with Crippen LogP contribution in [0.3, 0.4) is 0 Å². The van der Waals surface area contributed by atoms with Crippen LogP contribution in [0.2, 0.25) is 25.3 Å². The van der Waals surface area contributed by atoms with E-state index in [0.717, 1.165) is 0 Å². The Morgan fingerprint density at radius 3 is 0.380 bits per heavy atom. The van der Waals surface area contributed by atoms with Crippen LogP contribution in [-0.2, 0) is 43.3 Å². The lowest BCUT2D eigenvalue weighted by Crippen LogP contribution is -2.40. The summed E-state index contributed by atoms with van der Waals surface area (Å²) in [6, 6.07) is 58.6.